The maximum atomic E-state index is 14.6. The van der Waals surface area contributed by atoms with Crippen LogP contribution < -0.4 is 10.0 Å². The topological polar surface area (TPSA) is 74.3 Å². The normalized spacial score (nSPS) is 16.8. The number of nitrogens with one attached hydrogen (secondary N) is 2. The minimum absolute atomic E-state index is 0.0508. The summed E-state index contributed by atoms with van der Waals surface area (Å²) in [6.07, 6.45) is -0.487. The number of anilines is 2. The quantitative estimate of drug-likeness (QED) is 0.445. The van der Waals surface area contributed by atoms with Crippen LogP contribution in [0.1, 0.15) is 17.5 Å². The first kappa shape index (κ1) is 23.5. The Morgan fingerprint density at radius 2 is 1.91 bits per heavy atom. The standard InChI is InChI=1S/C21H20F4N4O2S2/c22-14-4-5-29(10-14)9-13-2-1-3-17(23)16(13)8-26-15-6-18(24)21(19(25)7-15)33(30,31)28-20-11-32-12-27-20/h1-3,6-7,11-12,14,26,28H,4-5,8-10H2. The van der Waals surface area contributed by atoms with Crippen molar-refractivity contribution in [2.75, 3.05) is 23.1 Å². The van der Waals surface area contributed by atoms with E-state index in [1.807, 2.05) is 9.62 Å². The van der Waals surface area contributed by atoms with Crippen LogP contribution in [0, 0.1) is 17.5 Å². The van der Waals surface area contributed by atoms with Crippen LogP contribution in [0.15, 0.2) is 46.1 Å². The highest BCUT2D eigenvalue weighted by molar-refractivity contribution is 7.92. The van der Waals surface area contributed by atoms with Crippen LogP contribution in [0.25, 0.3) is 0 Å². The van der Waals surface area contributed by atoms with Crippen molar-refractivity contribution in [3.8, 4) is 0 Å². The van der Waals surface area contributed by atoms with Gasteiger partial charge in [-0.05, 0) is 30.2 Å². The van der Waals surface area contributed by atoms with Gasteiger partial charge in [0.05, 0.1) is 5.51 Å². The van der Waals surface area contributed by atoms with Crippen LogP contribution >= 0.6 is 11.3 Å². The molecule has 1 aromatic heterocycles. The Morgan fingerprint density at radius 1 is 1.15 bits per heavy atom. The molecule has 1 unspecified atom stereocenters. The minimum atomic E-state index is -4.54. The summed E-state index contributed by atoms with van der Waals surface area (Å²) in [5.74, 6) is -3.17. The minimum Gasteiger partial charge on any atom is -0.381 e. The highest BCUT2D eigenvalue weighted by Gasteiger charge is 2.26. The van der Waals surface area contributed by atoms with Gasteiger partial charge in [0.15, 0.2) is 10.7 Å². The van der Waals surface area contributed by atoms with Gasteiger partial charge in [-0.1, -0.05) is 12.1 Å². The van der Waals surface area contributed by atoms with E-state index in [0.29, 0.717) is 25.1 Å². The Hall–Kier alpha value is -2.70. The van der Waals surface area contributed by atoms with Crippen LogP contribution in [0.5, 0.6) is 0 Å². The van der Waals surface area contributed by atoms with E-state index < -0.39 is 38.5 Å². The number of nitrogens with zero attached hydrogens (tertiary/aromatic N) is 2. The van der Waals surface area contributed by atoms with Gasteiger partial charge >= 0.3 is 0 Å². The van der Waals surface area contributed by atoms with Crippen molar-refractivity contribution in [2.45, 2.75) is 30.6 Å². The number of aromatic nitrogens is 1. The number of alkyl halides is 1. The fraction of sp³-hybridized carbons (Fsp3) is 0.286. The highest BCUT2D eigenvalue weighted by Crippen LogP contribution is 2.27. The molecular formula is C21H20F4N4O2S2. The number of rotatable bonds is 8. The molecule has 176 valence electrons. The smallest absolute Gasteiger partial charge is 0.268 e. The van der Waals surface area contributed by atoms with E-state index >= 15 is 0 Å². The van der Waals surface area contributed by atoms with Crippen molar-refractivity contribution in [3.63, 3.8) is 0 Å². The summed E-state index contributed by atoms with van der Waals surface area (Å²) in [7, 11) is -4.54. The second kappa shape index (κ2) is 9.65. The maximum absolute atomic E-state index is 14.6. The van der Waals surface area contributed by atoms with Crippen LogP contribution in [0.3, 0.4) is 0 Å². The van der Waals surface area contributed by atoms with Gasteiger partial charge in [-0.15, -0.1) is 11.3 Å². The van der Waals surface area contributed by atoms with E-state index in [1.165, 1.54) is 17.0 Å². The summed E-state index contributed by atoms with van der Waals surface area (Å²) < 4.78 is 83.9. The van der Waals surface area contributed by atoms with Gasteiger partial charge in [0.1, 0.15) is 23.6 Å². The monoisotopic (exact) mass is 500 g/mol. The lowest BCUT2D eigenvalue weighted by atomic mass is 10.1. The van der Waals surface area contributed by atoms with E-state index in [9.17, 15) is 26.0 Å². The van der Waals surface area contributed by atoms with Gasteiger partial charge in [-0.25, -0.2) is 31.0 Å². The van der Waals surface area contributed by atoms with Gasteiger partial charge in [0.25, 0.3) is 10.0 Å². The van der Waals surface area contributed by atoms with E-state index in [1.54, 1.807) is 12.1 Å². The number of hydrogen-bond donors (Lipinski definition) is 2. The third-order valence-corrected chi connectivity index (χ3v) is 7.22. The molecule has 1 atom stereocenters. The van der Waals surface area contributed by atoms with Crippen molar-refractivity contribution >= 4 is 32.9 Å². The third kappa shape index (κ3) is 5.45. The first-order valence-electron chi connectivity index (χ1n) is 9.99. The molecule has 2 N–H and O–H groups in total. The molecule has 6 nitrogen and oxygen atoms in total. The van der Waals surface area contributed by atoms with Gasteiger partial charge < -0.3 is 5.32 Å². The van der Waals surface area contributed by atoms with Crippen molar-refractivity contribution in [1.29, 1.82) is 0 Å². The molecule has 0 spiro atoms. The molecular weight excluding hydrogens is 480 g/mol. The zero-order valence-electron chi connectivity index (χ0n) is 17.2. The summed E-state index contributed by atoms with van der Waals surface area (Å²) in [4.78, 5) is 4.47. The van der Waals surface area contributed by atoms with Crippen LogP contribution in [0.2, 0.25) is 0 Å². The molecule has 1 aliphatic rings. The maximum Gasteiger partial charge on any atom is 0.268 e. The molecule has 1 aliphatic heterocycles. The summed E-state index contributed by atoms with van der Waals surface area (Å²) in [5, 5.41) is 4.12. The van der Waals surface area contributed by atoms with E-state index in [2.05, 4.69) is 10.3 Å². The van der Waals surface area contributed by atoms with Gasteiger partial charge in [0.2, 0.25) is 0 Å². The lowest BCUT2D eigenvalue weighted by Gasteiger charge is -2.19. The zero-order chi connectivity index (χ0) is 23.6. The lowest BCUT2D eigenvalue weighted by Crippen LogP contribution is -2.22. The van der Waals surface area contributed by atoms with Gasteiger partial charge in [-0.3, -0.25) is 9.62 Å². The predicted octanol–water partition coefficient (Wildman–Crippen LogP) is 4.52. The number of halogens is 4. The molecule has 0 radical (unpaired) electrons. The van der Waals surface area contributed by atoms with Crippen molar-refractivity contribution in [1.82, 2.24) is 9.88 Å². The van der Waals surface area contributed by atoms with E-state index in [-0.39, 0.29) is 30.2 Å². The molecule has 0 bridgehead atoms. The van der Waals surface area contributed by atoms with Gasteiger partial charge in [0, 0.05) is 42.8 Å². The number of hydrogen-bond acceptors (Lipinski definition) is 6. The molecule has 0 saturated carbocycles. The lowest BCUT2D eigenvalue weighted by molar-refractivity contribution is 0.281. The summed E-state index contributed by atoms with van der Waals surface area (Å²) >= 11 is 1.12. The Bertz CT molecular complexity index is 1220. The predicted molar refractivity (Wildman–Crippen MR) is 118 cm³/mol. The molecule has 33 heavy (non-hydrogen) atoms. The Kier molecular flexibility index (Phi) is 6.86. The Balaban J connectivity index is 1.52. The average molecular weight is 501 g/mol. The van der Waals surface area contributed by atoms with E-state index in [4.69, 9.17) is 0 Å². The Labute approximate surface area is 192 Å². The molecule has 3 aromatic rings. The van der Waals surface area contributed by atoms with Crippen molar-refractivity contribution in [3.05, 3.63) is 69.8 Å². The first-order valence-corrected chi connectivity index (χ1v) is 12.4. The molecule has 0 aliphatic carbocycles. The molecule has 1 fully saturated rings. The van der Waals surface area contributed by atoms with Crippen molar-refractivity contribution < 1.29 is 26.0 Å². The molecule has 1 saturated heterocycles. The number of sulfonamides is 1. The molecule has 12 heteroatoms. The summed E-state index contributed by atoms with van der Waals surface area (Å²) in [5.41, 5.74) is 2.22. The second-order valence-electron chi connectivity index (χ2n) is 7.60. The fourth-order valence-corrected chi connectivity index (χ4v) is 5.36. The van der Waals surface area contributed by atoms with Crippen LogP contribution in [-0.2, 0) is 23.1 Å². The average Bonchev–Trinajstić information content (AvgIpc) is 3.38. The molecule has 2 heterocycles. The molecule has 2 aromatic carbocycles. The van der Waals surface area contributed by atoms with Crippen LogP contribution in [-0.4, -0.2) is 37.6 Å². The number of likely N-dealkylation sites (tertiary alicyclic amines) is 1. The third-order valence-electron chi connectivity index (χ3n) is 5.23. The number of benzene rings is 2. The van der Waals surface area contributed by atoms with E-state index in [0.717, 1.165) is 23.5 Å². The largest absolute Gasteiger partial charge is 0.381 e. The fourth-order valence-electron chi connectivity index (χ4n) is 3.68. The second-order valence-corrected chi connectivity index (χ2v) is 9.94. The van der Waals surface area contributed by atoms with Crippen molar-refractivity contribution in [2.24, 2.45) is 0 Å². The number of thiazole rings is 1. The van der Waals surface area contributed by atoms with Gasteiger partial charge in [-0.2, -0.15) is 0 Å². The summed E-state index contributed by atoms with van der Waals surface area (Å²) in [6, 6.07) is 6.18. The molecule has 4 rings (SSSR count). The molecule has 0 amide bonds. The first-order chi connectivity index (χ1) is 15.7. The SMILES string of the molecule is O=S(=O)(Nc1cscn1)c1c(F)cc(NCc2c(F)cccc2CN2CCC(F)C2)cc1F. The summed E-state index contributed by atoms with van der Waals surface area (Å²) in [6.45, 7) is 1.07. The highest BCUT2D eigenvalue weighted by atomic mass is 32.2. The van der Waals surface area contributed by atoms with Crippen LogP contribution in [0.4, 0.5) is 29.1 Å². The Morgan fingerprint density at radius 3 is 2.55 bits per heavy atom. The zero-order valence-corrected chi connectivity index (χ0v) is 18.8.